The van der Waals surface area contributed by atoms with Gasteiger partial charge in [0.1, 0.15) is 5.75 Å². The zero-order chi connectivity index (χ0) is 15.4. The van der Waals surface area contributed by atoms with Gasteiger partial charge in [-0.15, -0.1) is 0 Å². The third-order valence-electron chi connectivity index (χ3n) is 4.84. The maximum absolute atomic E-state index is 6.48. The zero-order valence-corrected chi connectivity index (χ0v) is 13.7. The van der Waals surface area contributed by atoms with Crippen LogP contribution in [0.25, 0.3) is 0 Å². The highest BCUT2D eigenvalue weighted by molar-refractivity contribution is 5.29. The van der Waals surface area contributed by atoms with E-state index < -0.39 is 0 Å². The fraction of sp³-hybridized carbons (Fsp3) is 0.647. The molecule has 21 heavy (non-hydrogen) atoms. The van der Waals surface area contributed by atoms with Crippen molar-refractivity contribution in [3.8, 4) is 5.75 Å². The molecule has 0 aromatic heterocycles. The van der Waals surface area contributed by atoms with Crippen molar-refractivity contribution in [2.75, 3.05) is 34.3 Å². The molecule has 0 spiro atoms. The monoisotopic (exact) mass is 291 g/mol. The first-order valence-corrected chi connectivity index (χ1v) is 7.83. The molecule has 1 saturated heterocycles. The number of hydrogen-bond acceptors (Lipinski definition) is 4. The number of methoxy groups -OCH3 is 1. The first kappa shape index (κ1) is 16.3. The lowest BCUT2D eigenvalue weighted by atomic mass is 9.97. The molecule has 1 aromatic rings. The van der Waals surface area contributed by atoms with Crippen LogP contribution in [0.2, 0.25) is 0 Å². The molecule has 118 valence electrons. The van der Waals surface area contributed by atoms with Crippen molar-refractivity contribution < 1.29 is 4.74 Å². The Morgan fingerprint density at radius 1 is 1.33 bits per heavy atom. The molecule has 1 aliphatic heterocycles. The lowest BCUT2D eigenvalue weighted by molar-refractivity contribution is 0.0943. The Morgan fingerprint density at radius 2 is 2.00 bits per heavy atom. The van der Waals surface area contributed by atoms with Gasteiger partial charge in [0.25, 0.3) is 0 Å². The summed E-state index contributed by atoms with van der Waals surface area (Å²) in [7, 11) is 6.09. The van der Waals surface area contributed by atoms with E-state index in [1.807, 2.05) is 12.1 Å². The zero-order valence-electron chi connectivity index (χ0n) is 13.7. The molecule has 2 N–H and O–H groups in total. The molecule has 1 aliphatic rings. The van der Waals surface area contributed by atoms with E-state index in [2.05, 4.69) is 43.0 Å². The van der Waals surface area contributed by atoms with Crippen molar-refractivity contribution in [2.24, 2.45) is 5.73 Å². The Bertz CT molecular complexity index is 434. The number of ether oxygens (including phenoxy) is 1. The van der Waals surface area contributed by atoms with Crippen LogP contribution in [0.4, 0.5) is 0 Å². The molecule has 2 rings (SSSR count). The van der Waals surface area contributed by atoms with Crippen LogP contribution < -0.4 is 10.5 Å². The molecule has 0 bridgehead atoms. The van der Waals surface area contributed by atoms with E-state index in [0.29, 0.717) is 12.1 Å². The quantitative estimate of drug-likeness (QED) is 0.902. The number of rotatable bonds is 5. The van der Waals surface area contributed by atoms with E-state index in [1.165, 1.54) is 24.9 Å². The summed E-state index contributed by atoms with van der Waals surface area (Å²) in [4.78, 5) is 4.86. The smallest absolute Gasteiger partial charge is 0.118 e. The van der Waals surface area contributed by atoms with E-state index in [0.717, 1.165) is 12.3 Å². The van der Waals surface area contributed by atoms with Crippen molar-refractivity contribution in [1.82, 2.24) is 9.80 Å². The first-order valence-electron chi connectivity index (χ1n) is 7.83. The Hall–Kier alpha value is -1.10. The summed E-state index contributed by atoms with van der Waals surface area (Å²) in [6.07, 6.45) is 2.54. The lowest BCUT2D eigenvalue weighted by Gasteiger charge is -2.40. The summed E-state index contributed by atoms with van der Waals surface area (Å²) in [6, 6.07) is 9.04. The van der Waals surface area contributed by atoms with E-state index >= 15 is 0 Å². The summed E-state index contributed by atoms with van der Waals surface area (Å²) in [5.74, 6) is 0.876. The highest BCUT2D eigenvalue weighted by Gasteiger charge is 2.27. The normalized spacial score (nSPS) is 23.0. The lowest BCUT2D eigenvalue weighted by Crippen LogP contribution is -2.50. The van der Waals surface area contributed by atoms with E-state index in [9.17, 15) is 0 Å². The Morgan fingerprint density at radius 3 is 2.57 bits per heavy atom. The summed E-state index contributed by atoms with van der Waals surface area (Å²) >= 11 is 0. The number of nitrogens with zero attached hydrogens (tertiary/aromatic N) is 2. The molecule has 1 fully saturated rings. The Kier molecular flexibility index (Phi) is 5.62. The molecule has 0 aliphatic carbocycles. The van der Waals surface area contributed by atoms with Crippen LogP contribution in [0.15, 0.2) is 24.3 Å². The largest absolute Gasteiger partial charge is 0.497 e. The number of benzene rings is 1. The average molecular weight is 291 g/mol. The van der Waals surface area contributed by atoms with Gasteiger partial charge in [-0.25, -0.2) is 0 Å². The maximum Gasteiger partial charge on any atom is 0.118 e. The van der Waals surface area contributed by atoms with Gasteiger partial charge in [0.2, 0.25) is 0 Å². The van der Waals surface area contributed by atoms with Gasteiger partial charge < -0.3 is 15.4 Å². The van der Waals surface area contributed by atoms with Crippen molar-refractivity contribution >= 4 is 0 Å². The van der Waals surface area contributed by atoms with Gasteiger partial charge >= 0.3 is 0 Å². The van der Waals surface area contributed by atoms with Crippen LogP contribution in [0.5, 0.6) is 5.75 Å². The minimum Gasteiger partial charge on any atom is -0.497 e. The van der Waals surface area contributed by atoms with E-state index in [4.69, 9.17) is 10.5 Å². The third kappa shape index (κ3) is 3.96. The number of likely N-dealkylation sites (N-methyl/N-ethyl adjacent to an activating group) is 2. The summed E-state index contributed by atoms with van der Waals surface area (Å²) in [5.41, 5.74) is 7.64. The van der Waals surface area contributed by atoms with Crippen LogP contribution in [-0.4, -0.2) is 56.2 Å². The van der Waals surface area contributed by atoms with Crippen LogP contribution in [0, 0.1) is 0 Å². The predicted molar refractivity (Wildman–Crippen MR) is 87.7 cm³/mol. The average Bonchev–Trinajstić information content (AvgIpc) is 2.53. The number of likely N-dealkylation sites (tertiary alicyclic amines) is 1. The molecule has 0 radical (unpaired) electrons. The molecule has 4 heteroatoms. The highest BCUT2D eigenvalue weighted by Crippen LogP contribution is 2.24. The number of piperidine rings is 1. The van der Waals surface area contributed by atoms with Gasteiger partial charge in [0.05, 0.1) is 7.11 Å². The summed E-state index contributed by atoms with van der Waals surface area (Å²) in [5, 5.41) is 0. The Balaban J connectivity index is 2.01. The molecule has 1 heterocycles. The SMILES string of the molecule is COc1ccc(C(N)C(C)N(C)C2CCCN(C)C2)cc1. The fourth-order valence-corrected chi connectivity index (χ4v) is 3.16. The van der Waals surface area contributed by atoms with Crippen LogP contribution in [0.3, 0.4) is 0 Å². The molecule has 3 unspecified atom stereocenters. The minimum atomic E-state index is 0.0214. The molecule has 0 amide bonds. The fourth-order valence-electron chi connectivity index (χ4n) is 3.16. The van der Waals surface area contributed by atoms with Crippen molar-refractivity contribution in [3.05, 3.63) is 29.8 Å². The molecule has 4 nitrogen and oxygen atoms in total. The van der Waals surface area contributed by atoms with Gasteiger partial charge in [0, 0.05) is 24.7 Å². The molecule has 3 atom stereocenters. The molecule has 1 aromatic carbocycles. The topological polar surface area (TPSA) is 41.7 Å². The minimum absolute atomic E-state index is 0.0214. The van der Waals surface area contributed by atoms with Gasteiger partial charge in [0.15, 0.2) is 0 Å². The molecule has 0 saturated carbocycles. The highest BCUT2D eigenvalue weighted by atomic mass is 16.5. The van der Waals surface area contributed by atoms with Gasteiger partial charge in [-0.3, -0.25) is 4.90 Å². The molecular formula is C17H29N3O. The summed E-state index contributed by atoms with van der Waals surface area (Å²) < 4.78 is 5.21. The van der Waals surface area contributed by atoms with E-state index in [1.54, 1.807) is 7.11 Å². The third-order valence-corrected chi connectivity index (χ3v) is 4.84. The maximum atomic E-state index is 6.48. The standard InChI is InChI=1S/C17H29N3O/c1-13(20(3)15-6-5-11-19(2)12-15)17(18)14-7-9-16(21-4)10-8-14/h7-10,13,15,17H,5-6,11-12,18H2,1-4H3. The van der Waals surface area contributed by atoms with Crippen molar-refractivity contribution in [1.29, 1.82) is 0 Å². The van der Waals surface area contributed by atoms with Crippen molar-refractivity contribution in [2.45, 2.75) is 37.9 Å². The second-order valence-corrected chi connectivity index (χ2v) is 6.26. The van der Waals surface area contributed by atoms with Gasteiger partial charge in [-0.1, -0.05) is 12.1 Å². The molecular weight excluding hydrogens is 262 g/mol. The second kappa shape index (κ2) is 7.25. The van der Waals surface area contributed by atoms with Crippen LogP contribution in [-0.2, 0) is 0 Å². The number of nitrogens with two attached hydrogens (primary N) is 1. The predicted octanol–water partition coefficient (Wildman–Crippen LogP) is 2.11. The van der Waals surface area contributed by atoms with Crippen molar-refractivity contribution in [3.63, 3.8) is 0 Å². The summed E-state index contributed by atoms with van der Waals surface area (Å²) in [6.45, 7) is 4.57. The second-order valence-electron chi connectivity index (χ2n) is 6.26. The van der Waals surface area contributed by atoms with Gasteiger partial charge in [-0.2, -0.15) is 0 Å². The van der Waals surface area contributed by atoms with E-state index in [-0.39, 0.29) is 6.04 Å². The first-order chi connectivity index (χ1) is 10.0. The van der Waals surface area contributed by atoms with Gasteiger partial charge in [-0.05, 0) is 58.1 Å². The number of hydrogen-bond donors (Lipinski definition) is 1. The van der Waals surface area contributed by atoms with Crippen LogP contribution >= 0.6 is 0 Å². The Labute approximate surface area is 128 Å². The van der Waals surface area contributed by atoms with Crippen LogP contribution in [0.1, 0.15) is 31.4 Å².